The number of rotatable bonds is 6. The second-order valence-corrected chi connectivity index (χ2v) is 8.33. The number of carbonyl (C=O) groups excluding carboxylic acids is 1. The van der Waals surface area contributed by atoms with Crippen molar-refractivity contribution in [1.82, 2.24) is 5.32 Å². The Morgan fingerprint density at radius 3 is 2.24 bits per heavy atom. The fraction of sp³-hybridized carbons (Fsp3) is 0.136. The van der Waals surface area contributed by atoms with Gasteiger partial charge in [0.2, 0.25) is 0 Å². The van der Waals surface area contributed by atoms with Gasteiger partial charge >= 0.3 is 0 Å². The van der Waals surface area contributed by atoms with Crippen LogP contribution in [0, 0.1) is 12.7 Å². The first-order chi connectivity index (χ1) is 13.8. The molecule has 0 aromatic heterocycles. The van der Waals surface area contributed by atoms with E-state index in [1.807, 2.05) is 0 Å². The van der Waals surface area contributed by atoms with Crippen molar-refractivity contribution in [2.45, 2.75) is 24.8 Å². The first-order valence-electron chi connectivity index (χ1n) is 9.02. The summed E-state index contributed by atoms with van der Waals surface area (Å²) in [6.45, 7) is 3.47. The van der Waals surface area contributed by atoms with Crippen molar-refractivity contribution in [3.63, 3.8) is 0 Å². The number of amides is 1. The Balaban J connectivity index is 1.81. The number of halogens is 1. The van der Waals surface area contributed by atoms with E-state index in [4.69, 9.17) is 0 Å². The van der Waals surface area contributed by atoms with Gasteiger partial charge in [0.1, 0.15) is 5.82 Å². The van der Waals surface area contributed by atoms with Crippen molar-refractivity contribution in [3.05, 3.63) is 95.3 Å². The van der Waals surface area contributed by atoms with Crippen LogP contribution in [0.15, 0.2) is 77.7 Å². The van der Waals surface area contributed by atoms with Crippen molar-refractivity contribution < 1.29 is 17.6 Å². The molecule has 0 bridgehead atoms. The number of benzene rings is 3. The van der Waals surface area contributed by atoms with Crippen LogP contribution in [0.25, 0.3) is 0 Å². The Morgan fingerprint density at radius 2 is 1.59 bits per heavy atom. The van der Waals surface area contributed by atoms with Gasteiger partial charge in [-0.05, 0) is 61.4 Å². The molecule has 1 amide bonds. The predicted molar refractivity (Wildman–Crippen MR) is 111 cm³/mol. The lowest BCUT2D eigenvalue weighted by molar-refractivity contribution is 0.0939. The quantitative estimate of drug-likeness (QED) is 0.629. The van der Waals surface area contributed by atoms with Gasteiger partial charge in [0.15, 0.2) is 0 Å². The summed E-state index contributed by atoms with van der Waals surface area (Å²) in [5.41, 5.74) is 1.96. The third kappa shape index (κ3) is 4.81. The molecule has 0 aliphatic rings. The molecule has 0 fully saturated rings. The zero-order valence-electron chi connectivity index (χ0n) is 16.0. The van der Waals surface area contributed by atoms with Crippen LogP contribution in [0.1, 0.15) is 34.5 Å². The minimum absolute atomic E-state index is 0.138. The van der Waals surface area contributed by atoms with Crippen molar-refractivity contribution >= 4 is 21.6 Å². The molecule has 3 aromatic rings. The summed E-state index contributed by atoms with van der Waals surface area (Å²) < 4.78 is 40.8. The minimum Gasteiger partial charge on any atom is -0.346 e. The molecule has 150 valence electrons. The van der Waals surface area contributed by atoms with Gasteiger partial charge in [-0.3, -0.25) is 9.52 Å². The van der Waals surface area contributed by atoms with E-state index in [9.17, 15) is 17.6 Å². The molecule has 0 aliphatic carbocycles. The lowest BCUT2D eigenvalue weighted by Gasteiger charge is -2.17. The summed E-state index contributed by atoms with van der Waals surface area (Å²) in [5, 5.41) is 2.86. The maximum atomic E-state index is 13.1. The first-order valence-corrected chi connectivity index (χ1v) is 10.5. The van der Waals surface area contributed by atoms with E-state index in [1.54, 1.807) is 62.4 Å². The van der Waals surface area contributed by atoms with Crippen LogP contribution in [-0.2, 0) is 10.0 Å². The summed E-state index contributed by atoms with van der Waals surface area (Å²) in [6.07, 6.45) is 0. The van der Waals surface area contributed by atoms with E-state index < -0.39 is 10.0 Å². The minimum atomic E-state index is -3.77. The average molecular weight is 412 g/mol. The molecule has 1 unspecified atom stereocenters. The lowest BCUT2D eigenvalue weighted by Crippen LogP contribution is -2.27. The van der Waals surface area contributed by atoms with Crippen LogP contribution in [0.3, 0.4) is 0 Å². The van der Waals surface area contributed by atoms with E-state index in [1.165, 1.54) is 24.3 Å². The molecule has 3 rings (SSSR count). The fourth-order valence-corrected chi connectivity index (χ4v) is 4.05. The van der Waals surface area contributed by atoms with E-state index in [-0.39, 0.29) is 22.7 Å². The van der Waals surface area contributed by atoms with Crippen LogP contribution < -0.4 is 10.0 Å². The Morgan fingerprint density at radius 1 is 0.931 bits per heavy atom. The summed E-state index contributed by atoms with van der Waals surface area (Å²) in [4.78, 5) is 12.9. The first kappa shape index (κ1) is 20.5. The molecular weight excluding hydrogens is 391 g/mol. The van der Waals surface area contributed by atoms with Gasteiger partial charge in [-0.2, -0.15) is 0 Å². The van der Waals surface area contributed by atoms with E-state index in [2.05, 4.69) is 10.0 Å². The number of hydrogen-bond acceptors (Lipinski definition) is 3. The second-order valence-electron chi connectivity index (χ2n) is 6.64. The van der Waals surface area contributed by atoms with E-state index >= 15 is 0 Å². The van der Waals surface area contributed by atoms with Crippen LogP contribution in [-0.4, -0.2) is 14.3 Å². The molecule has 3 aromatic carbocycles. The molecular formula is C22H21FN2O3S. The highest BCUT2D eigenvalue weighted by atomic mass is 32.2. The highest BCUT2D eigenvalue weighted by molar-refractivity contribution is 7.92. The van der Waals surface area contributed by atoms with Gasteiger partial charge in [-0.15, -0.1) is 0 Å². The molecule has 2 N–H and O–H groups in total. The topological polar surface area (TPSA) is 75.3 Å². The van der Waals surface area contributed by atoms with Crippen LogP contribution in [0.5, 0.6) is 0 Å². The predicted octanol–water partition coefficient (Wildman–Crippen LogP) is 4.43. The van der Waals surface area contributed by atoms with E-state index in [0.29, 0.717) is 16.8 Å². The van der Waals surface area contributed by atoms with Gasteiger partial charge in [-0.1, -0.05) is 36.4 Å². The molecule has 0 heterocycles. The molecule has 0 saturated carbocycles. The van der Waals surface area contributed by atoms with Crippen LogP contribution >= 0.6 is 0 Å². The zero-order valence-corrected chi connectivity index (χ0v) is 16.8. The zero-order chi connectivity index (χ0) is 21.0. The van der Waals surface area contributed by atoms with Crippen molar-refractivity contribution in [2.75, 3.05) is 4.72 Å². The molecule has 0 radical (unpaired) electrons. The van der Waals surface area contributed by atoms with Crippen LogP contribution in [0.4, 0.5) is 10.1 Å². The third-order valence-corrected chi connectivity index (χ3v) is 5.98. The number of nitrogens with one attached hydrogen (secondary N) is 2. The highest BCUT2D eigenvalue weighted by Gasteiger charge is 2.19. The van der Waals surface area contributed by atoms with Crippen molar-refractivity contribution in [2.24, 2.45) is 0 Å². The highest BCUT2D eigenvalue weighted by Crippen LogP contribution is 2.23. The molecule has 5 nitrogen and oxygen atoms in total. The van der Waals surface area contributed by atoms with Gasteiger partial charge < -0.3 is 5.32 Å². The molecule has 0 spiro atoms. The van der Waals surface area contributed by atoms with Gasteiger partial charge in [-0.25, -0.2) is 12.8 Å². The summed E-state index contributed by atoms with van der Waals surface area (Å²) in [7, 11) is -3.77. The Hall–Kier alpha value is -3.19. The maximum absolute atomic E-state index is 13.1. The smallest absolute Gasteiger partial charge is 0.261 e. The average Bonchev–Trinajstić information content (AvgIpc) is 2.70. The summed E-state index contributed by atoms with van der Waals surface area (Å²) >= 11 is 0. The largest absolute Gasteiger partial charge is 0.346 e. The molecule has 29 heavy (non-hydrogen) atoms. The normalized spacial score (nSPS) is 12.2. The van der Waals surface area contributed by atoms with Crippen molar-refractivity contribution in [3.8, 4) is 0 Å². The summed E-state index contributed by atoms with van der Waals surface area (Å²) in [6, 6.07) is 18.4. The molecule has 1 atom stereocenters. The molecule has 0 aliphatic heterocycles. The number of hydrogen-bond donors (Lipinski definition) is 2. The van der Waals surface area contributed by atoms with Gasteiger partial charge in [0.25, 0.3) is 15.9 Å². The van der Waals surface area contributed by atoms with Crippen LogP contribution in [0.2, 0.25) is 0 Å². The molecule has 0 saturated heterocycles. The SMILES string of the molecule is Cc1c(NS(=O)(=O)c2ccccc2)cccc1C(=O)NC(C)c1ccc(F)cc1. The summed E-state index contributed by atoms with van der Waals surface area (Å²) in [5.74, 6) is -0.693. The lowest BCUT2D eigenvalue weighted by atomic mass is 10.0. The monoisotopic (exact) mass is 412 g/mol. The fourth-order valence-electron chi connectivity index (χ4n) is 2.90. The van der Waals surface area contributed by atoms with Gasteiger partial charge in [0.05, 0.1) is 16.6 Å². The number of anilines is 1. The standard InChI is InChI=1S/C22H21FN2O3S/c1-15-20(22(26)24-16(2)17-11-13-18(23)14-12-17)9-6-10-21(15)25-29(27,28)19-7-4-3-5-8-19/h3-14,16,25H,1-2H3,(H,24,26). The number of carbonyl (C=O) groups is 1. The second kappa shape index (κ2) is 8.45. The Labute approximate surface area is 169 Å². The number of sulfonamides is 1. The van der Waals surface area contributed by atoms with Crippen molar-refractivity contribution in [1.29, 1.82) is 0 Å². The Kier molecular flexibility index (Phi) is 5.98. The molecule has 7 heteroatoms. The van der Waals surface area contributed by atoms with Gasteiger partial charge in [0, 0.05) is 5.56 Å². The Bertz CT molecular complexity index is 1110. The maximum Gasteiger partial charge on any atom is 0.261 e. The third-order valence-electron chi connectivity index (χ3n) is 4.59. The van der Waals surface area contributed by atoms with E-state index in [0.717, 1.165) is 5.56 Å².